The molecule has 1 aliphatic carbocycles. The Bertz CT molecular complexity index is 478. The van der Waals surface area contributed by atoms with E-state index < -0.39 is 17.2 Å². The Balaban J connectivity index is 2.18. The molecule has 0 radical (unpaired) electrons. The molecule has 20 heavy (non-hydrogen) atoms. The lowest BCUT2D eigenvalue weighted by Crippen LogP contribution is -2.42. The van der Waals surface area contributed by atoms with Crippen molar-refractivity contribution in [3.05, 3.63) is 33.8 Å². The number of nitrogens with two attached hydrogens (primary N) is 1. The van der Waals surface area contributed by atoms with E-state index in [4.69, 9.17) is 5.73 Å². The molecule has 1 aromatic carbocycles. The molecule has 0 aromatic heterocycles. The maximum Gasteiger partial charge on any atom is 0.143 e. The van der Waals surface area contributed by atoms with Crippen LogP contribution in [0.25, 0.3) is 0 Å². The van der Waals surface area contributed by atoms with Gasteiger partial charge in [-0.2, -0.15) is 0 Å². The van der Waals surface area contributed by atoms with Crippen LogP contribution >= 0.6 is 15.9 Å². The first-order valence-electron chi connectivity index (χ1n) is 7.36. The van der Waals surface area contributed by atoms with Gasteiger partial charge in [-0.1, -0.05) is 26.2 Å². The monoisotopic (exact) mass is 345 g/mol. The molecular weight excluding hydrogens is 324 g/mol. The average Bonchev–Trinajstić information content (AvgIpc) is 2.61. The zero-order chi connectivity index (χ0) is 14.8. The van der Waals surface area contributed by atoms with Crippen LogP contribution in [0.15, 0.2) is 16.6 Å². The fourth-order valence-corrected chi connectivity index (χ4v) is 3.54. The van der Waals surface area contributed by atoms with Gasteiger partial charge in [0.25, 0.3) is 0 Å². The molecule has 4 heteroatoms. The summed E-state index contributed by atoms with van der Waals surface area (Å²) in [5.74, 6) is -0.296. The SMILES string of the molecule is CCC1CCCC(N)(Cc2c(F)ccc(Br)c2F)CC1. The van der Waals surface area contributed by atoms with Crippen LogP contribution < -0.4 is 5.73 Å². The summed E-state index contributed by atoms with van der Waals surface area (Å²) >= 11 is 3.12. The highest BCUT2D eigenvalue weighted by Gasteiger charge is 2.31. The largest absolute Gasteiger partial charge is 0.325 e. The van der Waals surface area contributed by atoms with E-state index in [1.54, 1.807) is 0 Å². The molecule has 0 bridgehead atoms. The first-order valence-corrected chi connectivity index (χ1v) is 8.16. The van der Waals surface area contributed by atoms with Gasteiger partial charge in [0.1, 0.15) is 11.6 Å². The molecule has 2 unspecified atom stereocenters. The minimum atomic E-state index is -0.508. The van der Waals surface area contributed by atoms with Crippen molar-refractivity contribution in [2.75, 3.05) is 0 Å². The van der Waals surface area contributed by atoms with Gasteiger partial charge in [-0.3, -0.25) is 0 Å². The van der Waals surface area contributed by atoms with E-state index in [2.05, 4.69) is 22.9 Å². The second kappa shape index (κ2) is 6.52. The fourth-order valence-electron chi connectivity index (χ4n) is 3.17. The molecule has 2 rings (SSSR count). The van der Waals surface area contributed by atoms with E-state index in [9.17, 15) is 8.78 Å². The number of hydrogen-bond acceptors (Lipinski definition) is 1. The van der Waals surface area contributed by atoms with Crippen molar-refractivity contribution in [3.8, 4) is 0 Å². The van der Waals surface area contributed by atoms with E-state index >= 15 is 0 Å². The normalized spacial score (nSPS) is 27.4. The maximum absolute atomic E-state index is 14.1. The minimum Gasteiger partial charge on any atom is -0.325 e. The summed E-state index contributed by atoms with van der Waals surface area (Å²) in [6.45, 7) is 2.20. The molecule has 112 valence electrons. The molecule has 0 aliphatic heterocycles. The van der Waals surface area contributed by atoms with E-state index in [-0.39, 0.29) is 12.0 Å². The second-order valence-electron chi connectivity index (χ2n) is 6.07. The van der Waals surface area contributed by atoms with Gasteiger partial charge in [0, 0.05) is 11.1 Å². The smallest absolute Gasteiger partial charge is 0.143 e. The molecule has 1 aromatic rings. The third kappa shape index (κ3) is 3.59. The van der Waals surface area contributed by atoms with Gasteiger partial charge < -0.3 is 5.73 Å². The topological polar surface area (TPSA) is 26.0 Å². The Kier molecular flexibility index (Phi) is 5.19. The Labute approximate surface area is 128 Å². The third-order valence-corrected chi connectivity index (χ3v) is 5.20. The molecule has 1 aliphatic rings. The van der Waals surface area contributed by atoms with Crippen LogP contribution in [0.4, 0.5) is 8.78 Å². The van der Waals surface area contributed by atoms with Crippen LogP contribution in [0.3, 0.4) is 0 Å². The van der Waals surface area contributed by atoms with Crippen molar-refractivity contribution in [3.63, 3.8) is 0 Å². The number of rotatable bonds is 3. The minimum absolute atomic E-state index is 0.122. The lowest BCUT2D eigenvalue weighted by molar-refractivity contribution is 0.348. The average molecular weight is 346 g/mol. The molecule has 1 fully saturated rings. The highest BCUT2D eigenvalue weighted by Crippen LogP contribution is 2.34. The Morgan fingerprint density at radius 1 is 1.30 bits per heavy atom. The van der Waals surface area contributed by atoms with Gasteiger partial charge in [0.05, 0.1) is 4.47 Å². The predicted octanol–water partition coefficient (Wildman–Crippen LogP) is 4.96. The van der Waals surface area contributed by atoms with E-state index in [0.29, 0.717) is 10.4 Å². The van der Waals surface area contributed by atoms with Gasteiger partial charge in [-0.25, -0.2) is 8.78 Å². The molecule has 1 saturated carbocycles. The number of hydrogen-bond donors (Lipinski definition) is 1. The van der Waals surface area contributed by atoms with Crippen molar-refractivity contribution >= 4 is 15.9 Å². The molecule has 0 spiro atoms. The highest BCUT2D eigenvalue weighted by molar-refractivity contribution is 9.10. The van der Waals surface area contributed by atoms with Gasteiger partial charge in [0.15, 0.2) is 0 Å². The van der Waals surface area contributed by atoms with E-state index in [1.807, 2.05) is 0 Å². The maximum atomic E-state index is 14.1. The predicted molar refractivity (Wildman–Crippen MR) is 81.5 cm³/mol. The molecule has 1 nitrogen and oxygen atoms in total. The zero-order valence-corrected chi connectivity index (χ0v) is 13.5. The quantitative estimate of drug-likeness (QED) is 0.608. The van der Waals surface area contributed by atoms with Crippen LogP contribution in [0.2, 0.25) is 0 Å². The molecule has 0 amide bonds. The summed E-state index contributed by atoms with van der Waals surface area (Å²) in [6.07, 6.45) is 6.41. The Hall–Kier alpha value is -0.480. The standard InChI is InChI=1S/C16H22BrF2N/c1-2-11-4-3-8-16(20,9-7-11)10-12-14(18)6-5-13(17)15(12)19/h5-6,11H,2-4,7-10,20H2,1H3. The molecular formula is C16H22BrF2N. The van der Waals surface area contributed by atoms with E-state index in [1.165, 1.54) is 18.6 Å². The summed E-state index contributed by atoms with van der Waals surface area (Å²) in [4.78, 5) is 0. The van der Waals surface area contributed by atoms with Crippen molar-refractivity contribution in [2.45, 2.75) is 57.4 Å². The molecule has 2 N–H and O–H groups in total. The zero-order valence-electron chi connectivity index (χ0n) is 11.9. The summed E-state index contributed by atoms with van der Waals surface area (Å²) in [5, 5.41) is 0. The Morgan fingerprint density at radius 2 is 2.05 bits per heavy atom. The van der Waals surface area contributed by atoms with Crippen molar-refractivity contribution in [1.82, 2.24) is 0 Å². The van der Waals surface area contributed by atoms with Crippen molar-refractivity contribution in [2.24, 2.45) is 11.7 Å². The first-order chi connectivity index (χ1) is 9.45. The van der Waals surface area contributed by atoms with Crippen LogP contribution in [-0.4, -0.2) is 5.54 Å². The summed E-state index contributed by atoms with van der Waals surface area (Å²) in [5.41, 5.74) is 6.09. The van der Waals surface area contributed by atoms with Crippen LogP contribution in [0.1, 0.15) is 51.0 Å². The Morgan fingerprint density at radius 3 is 2.75 bits per heavy atom. The van der Waals surface area contributed by atoms with Gasteiger partial charge in [-0.05, 0) is 59.7 Å². The van der Waals surface area contributed by atoms with Crippen molar-refractivity contribution in [1.29, 1.82) is 0 Å². The van der Waals surface area contributed by atoms with Gasteiger partial charge >= 0.3 is 0 Å². The molecule has 0 heterocycles. The fraction of sp³-hybridized carbons (Fsp3) is 0.625. The molecule has 0 saturated heterocycles. The van der Waals surface area contributed by atoms with Crippen molar-refractivity contribution < 1.29 is 8.78 Å². The van der Waals surface area contributed by atoms with Crippen LogP contribution in [0, 0.1) is 17.6 Å². The van der Waals surface area contributed by atoms with Crippen LogP contribution in [-0.2, 0) is 6.42 Å². The van der Waals surface area contributed by atoms with Gasteiger partial charge in [-0.15, -0.1) is 0 Å². The number of benzene rings is 1. The second-order valence-corrected chi connectivity index (χ2v) is 6.92. The summed E-state index contributed by atoms with van der Waals surface area (Å²) in [6, 6.07) is 2.70. The summed E-state index contributed by atoms with van der Waals surface area (Å²) < 4.78 is 28.3. The highest BCUT2D eigenvalue weighted by atomic mass is 79.9. The summed E-state index contributed by atoms with van der Waals surface area (Å²) in [7, 11) is 0. The first kappa shape index (κ1) is 15.9. The number of halogens is 3. The molecule has 2 atom stereocenters. The van der Waals surface area contributed by atoms with Gasteiger partial charge in [0.2, 0.25) is 0 Å². The lowest BCUT2D eigenvalue weighted by atomic mass is 9.84. The third-order valence-electron chi connectivity index (χ3n) is 4.58. The lowest BCUT2D eigenvalue weighted by Gasteiger charge is -2.29. The van der Waals surface area contributed by atoms with Crippen LogP contribution in [0.5, 0.6) is 0 Å². The van der Waals surface area contributed by atoms with E-state index in [0.717, 1.165) is 32.1 Å².